The Labute approximate surface area is 159 Å². The molecule has 6 heteroatoms. The zero-order valence-corrected chi connectivity index (χ0v) is 15.6. The molecule has 0 bridgehead atoms. The monoisotopic (exact) mass is 374 g/mol. The predicted octanol–water partition coefficient (Wildman–Crippen LogP) is 4.49. The molecule has 2 aromatic carbocycles. The Morgan fingerprint density at radius 1 is 1.27 bits per heavy atom. The normalized spacial score (nSPS) is 13.2. The van der Waals surface area contributed by atoms with E-state index in [0.717, 1.165) is 43.9 Å². The number of nitro groups is 1. The summed E-state index contributed by atoms with van der Waals surface area (Å²) in [6, 6.07) is 13.1. The van der Waals surface area contributed by atoms with Gasteiger partial charge in [0.25, 0.3) is 5.69 Å². The number of rotatable bonds is 6. The number of benzene rings is 2. The summed E-state index contributed by atoms with van der Waals surface area (Å²) in [5, 5.41) is 10.8. The lowest BCUT2D eigenvalue weighted by atomic mass is 10.0. The van der Waals surface area contributed by atoms with E-state index in [1.165, 1.54) is 17.2 Å². The van der Waals surface area contributed by atoms with E-state index in [4.69, 9.17) is 4.74 Å². The van der Waals surface area contributed by atoms with Crippen LogP contribution >= 0.6 is 12.4 Å². The van der Waals surface area contributed by atoms with Crippen LogP contribution in [0.3, 0.4) is 0 Å². The van der Waals surface area contributed by atoms with Crippen molar-refractivity contribution in [2.75, 3.05) is 20.2 Å². The lowest BCUT2D eigenvalue weighted by Gasteiger charge is -2.20. The molecule has 2 aromatic rings. The highest BCUT2D eigenvalue weighted by Gasteiger charge is 2.11. The van der Waals surface area contributed by atoms with Crippen molar-refractivity contribution in [2.45, 2.75) is 19.4 Å². The van der Waals surface area contributed by atoms with Gasteiger partial charge in [0, 0.05) is 25.2 Å². The zero-order valence-electron chi connectivity index (χ0n) is 14.8. The molecule has 1 heterocycles. The number of ether oxygens (including phenoxy) is 1. The number of nitrogens with zero attached hydrogens (tertiary/aromatic N) is 2. The van der Waals surface area contributed by atoms with Crippen LogP contribution in [0.25, 0.3) is 6.08 Å². The number of hydrogen-bond donors (Lipinski definition) is 0. The maximum atomic E-state index is 10.8. The van der Waals surface area contributed by atoms with Crippen molar-refractivity contribution in [2.24, 2.45) is 0 Å². The smallest absolute Gasteiger partial charge is 0.270 e. The van der Waals surface area contributed by atoms with Crippen LogP contribution in [0.2, 0.25) is 0 Å². The molecule has 0 saturated carbocycles. The van der Waals surface area contributed by atoms with Gasteiger partial charge in [-0.1, -0.05) is 36.4 Å². The second kappa shape index (κ2) is 9.36. The standard InChI is InChI=1S/C20H22N2O3.ClH/c1-21(11-3-6-16-5-2-8-19(13-16)22(23)24)15-17-9-10-18-7-4-12-25-20(18)14-17;/h2-3,5-6,8-10,13-14H,4,7,11-12,15H2,1H3;1H/b6-3+;. The third kappa shape index (κ3) is 5.31. The summed E-state index contributed by atoms with van der Waals surface area (Å²) >= 11 is 0. The third-order valence-electron chi connectivity index (χ3n) is 4.24. The SMILES string of the molecule is CN(C/C=C/c1cccc([N+](=O)[O-])c1)Cc1ccc2c(c1)OCCC2.Cl. The molecule has 0 N–H and O–H groups in total. The fourth-order valence-corrected chi connectivity index (χ4v) is 2.97. The molecular formula is C20H23ClN2O3. The van der Waals surface area contributed by atoms with Gasteiger partial charge in [0.15, 0.2) is 0 Å². The Morgan fingerprint density at radius 2 is 2.12 bits per heavy atom. The van der Waals surface area contributed by atoms with Crippen LogP contribution < -0.4 is 4.74 Å². The molecule has 1 aliphatic rings. The number of likely N-dealkylation sites (N-methyl/N-ethyl adjacent to an activating group) is 1. The van der Waals surface area contributed by atoms with Gasteiger partial charge < -0.3 is 4.74 Å². The topological polar surface area (TPSA) is 55.6 Å². The van der Waals surface area contributed by atoms with E-state index in [0.29, 0.717) is 0 Å². The number of non-ortho nitro benzene ring substituents is 1. The van der Waals surface area contributed by atoms with E-state index >= 15 is 0 Å². The summed E-state index contributed by atoms with van der Waals surface area (Å²) in [6.45, 7) is 2.40. The molecule has 0 fully saturated rings. The number of aryl methyl sites for hydroxylation is 1. The molecule has 3 rings (SSSR count). The van der Waals surface area contributed by atoms with Crippen LogP contribution in [0, 0.1) is 10.1 Å². The molecule has 0 unspecified atom stereocenters. The number of nitro benzene ring substituents is 1. The Hall–Kier alpha value is -2.37. The van der Waals surface area contributed by atoms with Gasteiger partial charge in [-0.2, -0.15) is 0 Å². The minimum atomic E-state index is -0.373. The first kappa shape index (κ1) is 19.9. The lowest BCUT2D eigenvalue weighted by Crippen LogP contribution is -2.18. The third-order valence-corrected chi connectivity index (χ3v) is 4.24. The number of halogens is 1. The van der Waals surface area contributed by atoms with Crippen molar-refractivity contribution in [1.82, 2.24) is 4.90 Å². The molecule has 0 aromatic heterocycles. The number of hydrogen-bond acceptors (Lipinski definition) is 4. The highest BCUT2D eigenvalue weighted by Crippen LogP contribution is 2.26. The summed E-state index contributed by atoms with van der Waals surface area (Å²) in [6.07, 6.45) is 6.12. The summed E-state index contributed by atoms with van der Waals surface area (Å²) in [7, 11) is 2.05. The highest BCUT2D eigenvalue weighted by atomic mass is 35.5. The van der Waals surface area contributed by atoms with Crippen LogP contribution in [0.5, 0.6) is 5.75 Å². The quantitative estimate of drug-likeness (QED) is 0.552. The molecule has 0 saturated heterocycles. The first-order chi connectivity index (χ1) is 12.1. The lowest BCUT2D eigenvalue weighted by molar-refractivity contribution is -0.384. The summed E-state index contributed by atoms with van der Waals surface area (Å²) < 4.78 is 5.73. The maximum absolute atomic E-state index is 10.8. The van der Waals surface area contributed by atoms with Crippen LogP contribution in [0.15, 0.2) is 48.5 Å². The van der Waals surface area contributed by atoms with Gasteiger partial charge in [0.2, 0.25) is 0 Å². The fraction of sp³-hybridized carbons (Fsp3) is 0.300. The molecule has 0 aliphatic carbocycles. The fourth-order valence-electron chi connectivity index (χ4n) is 2.97. The van der Waals surface area contributed by atoms with Crippen molar-refractivity contribution in [3.8, 4) is 5.75 Å². The summed E-state index contributed by atoms with van der Waals surface area (Å²) in [4.78, 5) is 12.6. The van der Waals surface area contributed by atoms with E-state index in [-0.39, 0.29) is 23.0 Å². The summed E-state index contributed by atoms with van der Waals surface area (Å²) in [5.74, 6) is 1.02. The van der Waals surface area contributed by atoms with Gasteiger partial charge in [-0.25, -0.2) is 0 Å². The van der Waals surface area contributed by atoms with Crippen LogP contribution in [0.1, 0.15) is 23.1 Å². The van der Waals surface area contributed by atoms with Crippen molar-refractivity contribution >= 4 is 24.2 Å². The van der Waals surface area contributed by atoms with Gasteiger partial charge in [-0.3, -0.25) is 15.0 Å². The van der Waals surface area contributed by atoms with Gasteiger partial charge in [0.1, 0.15) is 5.75 Å². The molecule has 0 radical (unpaired) electrons. The Kier molecular flexibility index (Phi) is 7.18. The first-order valence-electron chi connectivity index (χ1n) is 8.46. The van der Waals surface area contributed by atoms with Crippen LogP contribution in [0.4, 0.5) is 5.69 Å². The van der Waals surface area contributed by atoms with E-state index in [1.807, 2.05) is 18.2 Å². The molecule has 1 aliphatic heterocycles. The van der Waals surface area contributed by atoms with Crippen molar-refractivity contribution in [3.05, 3.63) is 75.3 Å². The Morgan fingerprint density at radius 3 is 2.92 bits per heavy atom. The largest absolute Gasteiger partial charge is 0.493 e. The second-order valence-electron chi connectivity index (χ2n) is 6.35. The van der Waals surface area contributed by atoms with Crippen LogP contribution in [-0.2, 0) is 13.0 Å². The maximum Gasteiger partial charge on any atom is 0.270 e. The minimum Gasteiger partial charge on any atom is -0.493 e. The van der Waals surface area contributed by atoms with Crippen molar-refractivity contribution in [3.63, 3.8) is 0 Å². The molecule has 26 heavy (non-hydrogen) atoms. The van der Waals surface area contributed by atoms with E-state index in [1.54, 1.807) is 12.1 Å². The average molecular weight is 375 g/mol. The molecule has 0 spiro atoms. The van der Waals surface area contributed by atoms with Gasteiger partial charge in [0.05, 0.1) is 11.5 Å². The summed E-state index contributed by atoms with van der Waals surface area (Å²) in [5.41, 5.74) is 3.48. The molecular weight excluding hydrogens is 352 g/mol. The van der Waals surface area contributed by atoms with E-state index in [2.05, 4.69) is 30.1 Å². The van der Waals surface area contributed by atoms with Gasteiger partial charge >= 0.3 is 0 Å². The second-order valence-corrected chi connectivity index (χ2v) is 6.35. The van der Waals surface area contributed by atoms with Gasteiger partial charge in [-0.15, -0.1) is 12.4 Å². The molecule has 0 atom stereocenters. The first-order valence-corrected chi connectivity index (χ1v) is 8.46. The Balaban J connectivity index is 0.00000243. The molecule has 0 amide bonds. The van der Waals surface area contributed by atoms with Gasteiger partial charge in [-0.05, 0) is 42.6 Å². The average Bonchev–Trinajstić information content (AvgIpc) is 2.62. The molecule has 138 valence electrons. The highest BCUT2D eigenvalue weighted by molar-refractivity contribution is 5.85. The number of fused-ring (bicyclic) bond motifs is 1. The van der Waals surface area contributed by atoms with Crippen LogP contribution in [-0.4, -0.2) is 30.0 Å². The Bertz CT molecular complexity index is 792. The van der Waals surface area contributed by atoms with E-state index < -0.39 is 0 Å². The minimum absolute atomic E-state index is 0. The van der Waals surface area contributed by atoms with Crippen molar-refractivity contribution in [1.29, 1.82) is 0 Å². The molecule has 5 nitrogen and oxygen atoms in total. The van der Waals surface area contributed by atoms with E-state index in [9.17, 15) is 10.1 Å². The van der Waals surface area contributed by atoms with Crippen molar-refractivity contribution < 1.29 is 9.66 Å². The zero-order chi connectivity index (χ0) is 17.6. The predicted molar refractivity (Wildman–Crippen MR) is 106 cm³/mol.